The quantitative estimate of drug-likeness (QED) is 0.780. The van der Waals surface area contributed by atoms with Crippen LogP contribution in [0.25, 0.3) is 16.9 Å². The lowest BCUT2D eigenvalue weighted by atomic mass is 10.1. The van der Waals surface area contributed by atoms with Crippen molar-refractivity contribution in [2.45, 2.75) is 25.5 Å². The molecule has 1 aliphatic rings. The van der Waals surface area contributed by atoms with Crippen molar-refractivity contribution in [3.63, 3.8) is 0 Å². The van der Waals surface area contributed by atoms with E-state index in [-0.39, 0.29) is 11.9 Å². The van der Waals surface area contributed by atoms with Crippen molar-refractivity contribution in [3.8, 4) is 16.9 Å². The Labute approximate surface area is 150 Å². The van der Waals surface area contributed by atoms with Gasteiger partial charge in [0.2, 0.25) is 0 Å². The summed E-state index contributed by atoms with van der Waals surface area (Å²) >= 11 is 0. The SMILES string of the molecule is OC1CCN(Cc2nnn(-c3ccc(F)cc3)c2-c2ccncc2)CC1. The number of piperidine rings is 1. The van der Waals surface area contributed by atoms with Crippen LogP contribution in [0.15, 0.2) is 48.8 Å². The zero-order chi connectivity index (χ0) is 17.9. The molecule has 0 amide bonds. The van der Waals surface area contributed by atoms with Crippen LogP contribution in [-0.2, 0) is 6.54 Å². The van der Waals surface area contributed by atoms with Gasteiger partial charge >= 0.3 is 0 Å². The van der Waals surface area contributed by atoms with Gasteiger partial charge in [0.05, 0.1) is 17.5 Å². The van der Waals surface area contributed by atoms with Crippen molar-refractivity contribution in [3.05, 3.63) is 60.3 Å². The molecule has 1 fully saturated rings. The zero-order valence-electron chi connectivity index (χ0n) is 14.3. The first kappa shape index (κ1) is 16.8. The molecule has 0 unspecified atom stereocenters. The van der Waals surface area contributed by atoms with Gasteiger partial charge in [-0.3, -0.25) is 9.88 Å². The third-order valence-electron chi connectivity index (χ3n) is 4.70. The Morgan fingerprint density at radius 2 is 1.73 bits per heavy atom. The molecule has 3 aromatic rings. The van der Waals surface area contributed by atoms with E-state index < -0.39 is 0 Å². The number of pyridine rings is 1. The normalized spacial score (nSPS) is 16.1. The van der Waals surface area contributed by atoms with Gasteiger partial charge in [-0.25, -0.2) is 9.07 Å². The number of hydrogen-bond donors (Lipinski definition) is 1. The van der Waals surface area contributed by atoms with Crippen LogP contribution in [0.5, 0.6) is 0 Å². The van der Waals surface area contributed by atoms with Crippen LogP contribution in [0.4, 0.5) is 4.39 Å². The molecule has 4 rings (SSSR count). The molecule has 1 saturated heterocycles. The third kappa shape index (κ3) is 3.49. The van der Waals surface area contributed by atoms with Gasteiger partial charge in [-0.1, -0.05) is 5.21 Å². The number of nitrogens with zero attached hydrogens (tertiary/aromatic N) is 5. The highest BCUT2D eigenvalue weighted by molar-refractivity contribution is 5.63. The molecule has 0 aliphatic carbocycles. The van der Waals surface area contributed by atoms with Gasteiger partial charge in [0.25, 0.3) is 0 Å². The van der Waals surface area contributed by atoms with E-state index in [4.69, 9.17) is 0 Å². The first-order valence-corrected chi connectivity index (χ1v) is 8.72. The number of likely N-dealkylation sites (tertiary alicyclic amines) is 1. The Morgan fingerprint density at radius 3 is 2.42 bits per heavy atom. The van der Waals surface area contributed by atoms with Crippen LogP contribution in [0.2, 0.25) is 0 Å². The highest BCUT2D eigenvalue weighted by atomic mass is 19.1. The predicted octanol–water partition coefficient (Wildman–Crippen LogP) is 2.43. The number of hydrogen-bond acceptors (Lipinski definition) is 5. The fourth-order valence-electron chi connectivity index (χ4n) is 3.27. The maximum atomic E-state index is 13.3. The Bertz CT molecular complexity index is 857. The first-order chi connectivity index (χ1) is 12.7. The molecule has 0 spiro atoms. The number of aliphatic hydroxyl groups excluding tert-OH is 1. The summed E-state index contributed by atoms with van der Waals surface area (Å²) in [4.78, 5) is 6.36. The van der Waals surface area contributed by atoms with Crippen molar-refractivity contribution in [2.75, 3.05) is 13.1 Å². The van der Waals surface area contributed by atoms with Crippen LogP contribution >= 0.6 is 0 Å². The molecule has 7 heteroatoms. The highest BCUT2D eigenvalue weighted by Gasteiger charge is 2.22. The van der Waals surface area contributed by atoms with E-state index in [1.165, 1.54) is 12.1 Å². The minimum absolute atomic E-state index is 0.208. The van der Waals surface area contributed by atoms with E-state index in [0.717, 1.165) is 48.6 Å². The van der Waals surface area contributed by atoms with E-state index in [1.54, 1.807) is 29.2 Å². The highest BCUT2D eigenvalue weighted by Crippen LogP contribution is 2.26. The largest absolute Gasteiger partial charge is 0.393 e. The van der Waals surface area contributed by atoms with Gasteiger partial charge < -0.3 is 5.11 Å². The third-order valence-corrected chi connectivity index (χ3v) is 4.70. The standard InChI is InChI=1S/C19H20FN5O/c20-15-1-3-16(4-2-15)25-19(14-5-9-21-10-6-14)18(22-23-25)13-24-11-7-17(26)8-12-24/h1-6,9-10,17,26H,7-8,11-13H2. The first-order valence-electron chi connectivity index (χ1n) is 8.72. The summed E-state index contributed by atoms with van der Waals surface area (Å²) in [6.45, 7) is 2.33. The summed E-state index contributed by atoms with van der Waals surface area (Å²) in [5, 5.41) is 18.4. The second-order valence-corrected chi connectivity index (χ2v) is 6.52. The number of aliphatic hydroxyl groups is 1. The predicted molar refractivity (Wildman–Crippen MR) is 95.1 cm³/mol. The minimum Gasteiger partial charge on any atom is -0.393 e. The summed E-state index contributed by atoms with van der Waals surface area (Å²) in [6, 6.07) is 10.0. The summed E-state index contributed by atoms with van der Waals surface area (Å²) in [5.41, 5.74) is 3.45. The van der Waals surface area contributed by atoms with Gasteiger partial charge in [-0.2, -0.15) is 0 Å². The summed E-state index contributed by atoms with van der Waals surface area (Å²) in [7, 11) is 0. The van der Waals surface area contributed by atoms with Crippen LogP contribution in [0.1, 0.15) is 18.5 Å². The topological polar surface area (TPSA) is 67.1 Å². The van der Waals surface area contributed by atoms with Crippen LogP contribution in [0.3, 0.4) is 0 Å². The van der Waals surface area contributed by atoms with Gasteiger partial charge in [-0.05, 0) is 49.2 Å². The molecular weight excluding hydrogens is 333 g/mol. The van der Waals surface area contributed by atoms with Crippen molar-refractivity contribution >= 4 is 0 Å². The summed E-state index contributed by atoms with van der Waals surface area (Å²) in [6.07, 6.45) is 4.81. The monoisotopic (exact) mass is 353 g/mol. The lowest BCUT2D eigenvalue weighted by molar-refractivity contribution is 0.0787. The van der Waals surface area contributed by atoms with Gasteiger partial charge in [-0.15, -0.1) is 5.10 Å². The van der Waals surface area contributed by atoms with Crippen LogP contribution in [-0.4, -0.2) is 49.2 Å². The molecule has 1 N–H and O–H groups in total. The minimum atomic E-state index is -0.286. The van der Waals surface area contributed by atoms with E-state index >= 15 is 0 Å². The molecule has 134 valence electrons. The lowest BCUT2D eigenvalue weighted by Crippen LogP contribution is -2.35. The Balaban J connectivity index is 1.71. The molecule has 1 aliphatic heterocycles. The fourth-order valence-corrected chi connectivity index (χ4v) is 3.27. The molecule has 0 saturated carbocycles. The summed E-state index contributed by atoms with van der Waals surface area (Å²) < 4.78 is 15.0. The lowest BCUT2D eigenvalue weighted by Gasteiger charge is -2.28. The van der Waals surface area contributed by atoms with Crippen molar-refractivity contribution in [1.82, 2.24) is 24.9 Å². The Kier molecular flexibility index (Phi) is 4.73. The van der Waals surface area contributed by atoms with E-state index in [0.29, 0.717) is 6.54 Å². The molecule has 2 aromatic heterocycles. The van der Waals surface area contributed by atoms with Gasteiger partial charge in [0, 0.05) is 37.6 Å². The zero-order valence-corrected chi connectivity index (χ0v) is 14.3. The van der Waals surface area contributed by atoms with E-state index in [2.05, 4.69) is 20.2 Å². The molecule has 0 bridgehead atoms. The Hall–Kier alpha value is -2.64. The molecule has 26 heavy (non-hydrogen) atoms. The Morgan fingerprint density at radius 1 is 1.04 bits per heavy atom. The summed E-state index contributed by atoms with van der Waals surface area (Å²) in [5.74, 6) is -0.286. The number of rotatable bonds is 4. The second kappa shape index (κ2) is 7.31. The van der Waals surface area contributed by atoms with Crippen molar-refractivity contribution in [1.29, 1.82) is 0 Å². The van der Waals surface area contributed by atoms with Crippen LogP contribution < -0.4 is 0 Å². The number of aromatic nitrogens is 4. The van der Waals surface area contributed by atoms with Gasteiger partial charge in [0.15, 0.2) is 0 Å². The average molecular weight is 353 g/mol. The maximum Gasteiger partial charge on any atom is 0.123 e. The molecule has 0 radical (unpaired) electrons. The molecule has 0 atom stereocenters. The van der Waals surface area contributed by atoms with Crippen molar-refractivity contribution < 1.29 is 9.50 Å². The second-order valence-electron chi connectivity index (χ2n) is 6.52. The number of halogens is 1. The molecule has 3 heterocycles. The smallest absolute Gasteiger partial charge is 0.123 e. The fraction of sp³-hybridized carbons (Fsp3) is 0.316. The van der Waals surface area contributed by atoms with E-state index in [1.807, 2.05) is 12.1 Å². The number of benzene rings is 1. The van der Waals surface area contributed by atoms with E-state index in [9.17, 15) is 9.50 Å². The molecule has 6 nitrogen and oxygen atoms in total. The average Bonchev–Trinajstić information content (AvgIpc) is 3.08. The van der Waals surface area contributed by atoms with Crippen LogP contribution in [0, 0.1) is 5.82 Å². The molecule has 1 aromatic carbocycles. The van der Waals surface area contributed by atoms with Gasteiger partial charge in [0.1, 0.15) is 11.5 Å². The molecular formula is C19H20FN5O. The van der Waals surface area contributed by atoms with Crippen molar-refractivity contribution in [2.24, 2.45) is 0 Å². The maximum absolute atomic E-state index is 13.3.